The average molecular weight is 296 g/mol. The molecule has 0 aliphatic carbocycles. The van der Waals surface area contributed by atoms with Gasteiger partial charge in [0.25, 0.3) is 5.91 Å². The fourth-order valence-corrected chi connectivity index (χ4v) is 2.37. The molecular weight excluding hydrogens is 284 g/mol. The number of carbonyl (C=O) groups is 1. The van der Waals surface area contributed by atoms with Crippen LogP contribution < -0.4 is 5.32 Å². The molecule has 1 atom stereocenters. The smallest absolute Gasteiger partial charge is 0.324 e. The van der Waals surface area contributed by atoms with Gasteiger partial charge in [-0.25, -0.2) is 0 Å². The van der Waals surface area contributed by atoms with E-state index in [2.05, 4.69) is 25.9 Å². The maximum atomic E-state index is 12.1. The van der Waals surface area contributed by atoms with Gasteiger partial charge in [-0.15, -0.1) is 10.2 Å². The highest BCUT2D eigenvalue weighted by atomic mass is 32.1. The molecule has 1 amide bonds. The standard InChI is InChI=1S/C10H12N6O3S/c1-2-3-6(9-12-14-15-13-9)11-10(17)7-4-5-8(20-7)16(18)19/h4-6H,2-3H2,1H3,(H,11,17)(H,12,13,14,15). The van der Waals surface area contributed by atoms with Crippen LogP contribution >= 0.6 is 11.3 Å². The lowest BCUT2D eigenvalue weighted by atomic mass is 10.1. The van der Waals surface area contributed by atoms with Crippen LogP contribution in [0.15, 0.2) is 12.1 Å². The number of aromatic nitrogens is 4. The van der Waals surface area contributed by atoms with Crippen molar-refractivity contribution in [2.24, 2.45) is 0 Å². The van der Waals surface area contributed by atoms with Crippen molar-refractivity contribution < 1.29 is 9.72 Å². The van der Waals surface area contributed by atoms with Crippen LogP contribution in [0.25, 0.3) is 0 Å². The summed E-state index contributed by atoms with van der Waals surface area (Å²) in [4.78, 5) is 22.4. The molecule has 106 valence electrons. The molecule has 0 aromatic carbocycles. The third kappa shape index (κ3) is 3.15. The fourth-order valence-electron chi connectivity index (χ4n) is 1.65. The number of nitrogens with zero attached hydrogens (tertiary/aromatic N) is 4. The summed E-state index contributed by atoms with van der Waals surface area (Å²) in [5, 5.41) is 26.8. The monoisotopic (exact) mass is 296 g/mol. The molecule has 10 heteroatoms. The fraction of sp³-hybridized carbons (Fsp3) is 0.400. The van der Waals surface area contributed by atoms with E-state index in [0.717, 1.165) is 17.8 Å². The highest BCUT2D eigenvalue weighted by Crippen LogP contribution is 2.24. The van der Waals surface area contributed by atoms with Gasteiger partial charge in [0.2, 0.25) is 0 Å². The van der Waals surface area contributed by atoms with Crippen molar-refractivity contribution >= 4 is 22.2 Å². The maximum absolute atomic E-state index is 12.1. The molecule has 0 radical (unpaired) electrons. The van der Waals surface area contributed by atoms with E-state index in [1.54, 1.807) is 0 Å². The molecule has 0 saturated carbocycles. The van der Waals surface area contributed by atoms with Crippen molar-refractivity contribution in [1.82, 2.24) is 25.9 Å². The van der Waals surface area contributed by atoms with Crippen molar-refractivity contribution in [2.75, 3.05) is 0 Å². The predicted molar refractivity (Wildman–Crippen MR) is 70.3 cm³/mol. The van der Waals surface area contributed by atoms with Crippen LogP contribution in [0.5, 0.6) is 0 Å². The van der Waals surface area contributed by atoms with Crippen LogP contribution in [-0.2, 0) is 0 Å². The Balaban J connectivity index is 2.09. The SMILES string of the molecule is CCCC(NC(=O)c1ccc([N+](=O)[O-])s1)c1nn[nH]n1. The van der Waals surface area contributed by atoms with Gasteiger partial charge in [-0.3, -0.25) is 14.9 Å². The van der Waals surface area contributed by atoms with Gasteiger partial charge in [0.1, 0.15) is 0 Å². The van der Waals surface area contributed by atoms with Crippen LogP contribution in [-0.4, -0.2) is 31.5 Å². The number of tetrazole rings is 1. The first-order valence-electron chi connectivity index (χ1n) is 5.90. The summed E-state index contributed by atoms with van der Waals surface area (Å²) in [6.07, 6.45) is 1.48. The van der Waals surface area contributed by atoms with Gasteiger partial charge in [-0.1, -0.05) is 29.9 Å². The minimum absolute atomic E-state index is 0.0678. The van der Waals surface area contributed by atoms with Gasteiger partial charge in [0.15, 0.2) is 5.82 Å². The molecule has 2 aromatic heterocycles. The number of hydrogen-bond donors (Lipinski definition) is 2. The lowest BCUT2D eigenvalue weighted by molar-refractivity contribution is -0.380. The van der Waals surface area contributed by atoms with Crippen LogP contribution in [0.3, 0.4) is 0 Å². The Kier molecular flexibility index (Phi) is 4.35. The van der Waals surface area contributed by atoms with Gasteiger partial charge in [0, 0.05) is 6.07 Å². The molecule has 2 N–H and O–H groups in total. The number of nitrogens with one attached hydrogen (secondary N) is 2. The van der Waals surface area contributed by atoms with Crippen LogP contribution in [0.1, 0.15) is 41.3 Å². The quantitative estimate of drug-likeness (QED) is 0.613. The number of amides is 1. The van der Waals surface area contributed by atoms with Gasteiger partial charge in [-0.2, -0.15) is 5.21 Å². The van der Waals surface area contributed by atoms with Crippen molar-refractivity contribution in [3.05, 3.63) is 32.9 Å². The Hall–Kier alpha value is -2.36. The highest BCUT2D eigenvalue weighted by Gasteiger charge is 2.21. The van der Waals surface area contributed by atoms with E-state index in [-0.39, 0.29) is 21.8 Å². The third-order valence-corrected chi connectivity index (χ3v) is 3.59. The lowest BCUT2D eigenvalue weighted by Crippen LogP contribution is -2.28. The number of H-pyrrole nitrogens is 1. The van der Waals surface area contributed by atoms with E-state index in [9.17, 15) is 14.9 Å². The van der Waals surface area contributed by atoms with E-state index >= 15 is 0 Å². The first kappa shape index (κ1) is 14.1. The Morgan fingerprint density at radius 3 is 2.95 bits per heavy atom. The molecule has 0 aliphatic rings. The third-order valence-electron chi connectivity index (χ3n) is 2.55. The van der Waals surface area contributed by atoms with Crippen molar-refractivity contribution in [3.8, 4) is 0 Å². The molecular formula is C10H12N6O3S. The predicted octanol–water partition coefficient (Wildman–Crippen LogP) is 1.44. The second-order valence-corrected chi connectivity index (χ2v) is 5.04. The molecule has 2 rings (SSSR count). The summed E-state index contributed by atoms with van der Waals surface area (Å²) in [6, 6.07) is 2.37. The van der Waals surface area contributed by atoms with Crippen molar-refractivity contribution in [1.29, 1.82) is 0 Å². The van der Waals surface area contributed by atoms with Gasteiger partial charge < -0.3 is 5.32 Å². The number of carbonyl (C=O) groups excluding carboxylic acids is 1. The van der Waals surface area contributed by atoms with Crippen LogP contribution in [0, 0.1) is 10.1 Å². The average Bonchev–Trinajstić information content (AvgIpc) is 3.09. The van der Waals surface area contributed by atoms with Gasteiger partial charge in [0.05, 0.1) is 15.8 Å². The topological polar surface area (TPSA) is 127 Å². The second kappa shape index (κ2) is 6.19. The largest absolute Gasteiger partial charge is 0.341 e. The molecule has 20 heavy (non-hydrogen) atoms. The Morgan fingerprint density at radius 1 is 1.60 bits per heavy atom. The van der Waals surface area contributed by atoms with Crippen molar-refractivity contribution in [2.45, 2.75) is 25.8 Å². The first-order chi connectivity index (χ1) is 9.61. The second-order valence-electron chi connectivity index (χ2n) is 3.98. The molecule has 0 fully saturated rings. The molecule has 0 aliphatic heterocycles. The molecule has 2 heterocycles. The molecule has 9 nitrogen and oxygen atoms in total. The highest BCUT2D eigenvalue weighted by molar-refractivity contribution is 7.17. The van der Waals surface area contributed by atoms with Crippen molar-refractivity contribution in [3.63, 3.8) is 0 Å². The number of nitro groups is 1. The minimum atomic E-state index is -0.524. The van der Waals surface area contributed by atoms with E-state index in [1.807, 2.05) is 6.92 Å². The zero-order valence-corrected chi connectivity index (χ0v) is 11.4. The zero-order valence-electron chi connectivity index (χ0n) is 10.6. The molecule has 0 bridgehead atoms. The van der Waals surface area contributed by atoms with E-state index < -0.39 is 4.92 Å². The van der Waals surface area contributed by atoms with E-state index in [1.165, 1.54) is 12.1 Å². The maximum Gasteiger partial charge on any atom is 0.324 e. The Morgan fingerprint density at radius 2 is 2.40 bits per heavy atom. The zero-order chi connectivity index (χ0) is 14.5. The number of rotatable bonds is 6. The minimum Gasteiger partial charge on any atom is -0.341 e. The number of thiophene rings is 1. The molecule has 0 spiro atoms. The van der Waals surface area contributed by atoms with Crippen LogP contribution in [0.2, 0.25) is 0 Å². The Labute approximate surface area is 117 Å². The molecule has 0 saturated heterocycles. The van der Waals surface area contributed by atoms with E-state index in [0.29, 0.717) is 12.2 Å². The van der Waals surface area contributed by atoms with Gasteiger partial charge >= 0.3 is 5.00 Å². The summed E-state index contributed by atoms with van der Waals surface area (Å²) in [5.74, 6) is 0.0117. The summed E-state index contributed by atoms with van der Waals surface area (Å²) >= 11 is 0.831. The first-order valence-corrected chi connectivity index (χ1v) is 6.72. The normalized spacial score (nSPS) is 12.1. The lowest BCUT2D eigenvalue weighted by Gasteiger charge is -2.13. The molecule has 2 aromatic rings. The van der Waals surface area contributed by atoms with Gasteiger partial charge in [-0.05, 0) is 12.5 Å². The number of hydrogen-bond acceptors (Lipinski definition) is 7. The number of aromatic amines is 1. The summed E-state index contributed by atoms with van der Waals surface area (Å²) in [6.45, 7) is 1.97. The van der Waals surface area contributed by atoms with Crippen LogP contribution in [0.4, 0.5) is 5.00 Å². The molecule has 1 unspecified atom stereocenters. The summed E-state index contributed by atoms with van der Waals surface area (Å²) in [5.41, 5.74) is 0. The summed E-state index contributed by atoms with van der Waals surface area (Å²) < 4.78 is 0. The van der Waals surface area contributed by atoms with E-state index in [4.69, 9.17) is 0 Å². The Bertz CT molecular complexity index is 596. The summed E-state index contributed by atoms with van der Waals surface area (Å²) in [7, 11) is 0.